The first-order valence-corrected chi connectivity index (χ1v) is 7.09. The molecule has 2 aromatic rings. The summed E-state index contributed by atoms with van der Waals surface area (Å²) in [6.45, 7) is 0.379. The van der Waals surface area contributed by atoms with Gasteiger partial charge in [-0.25, -0.2) is 8.78 Å². The third-order valence-electron chi connectivity index (χ3n) is 2.82. The Morgan fingerprint density at radius 2 is 1.57 bits per heavy atom. The van der Waals surface area contributed by atoms with Crippen molar-refractivity contribution in [3.05, 3.63) is 59.7 Å². The van der Waals surface area contributed by atoms with Gasteiger partial charge in [0.25, 0.3) is 12.2 Å². The molecule has 0 aromatic heterocycles. The summed E-state index contributed by atoms with van der Waals surface area (Å²) < 4.78 is 49.8. The van der Waals surface area contributed by atoms with Crippen LogP contribution < -0.4 is 5.32 Å². The van der Waals surface area contributed by atoms with Crippen molar-refractivity contribution in [3.63, 3.8) is 0 Å². The zero-order valence-corrected chi connectivity index (χ0v) is 11.7. The second-order valence-electron chi connectivity index (χ2n) is 4.27. The monoisotopic (exact) mass is 315 g/mol. The summed E-state index contributed by atoms with van der Waals surface area (Å²) in [4.78, 5) is 0.455. The molecule has 21 heavy (non-hydrogen) atoms. The molecule has 1 N–H and O–H groups in total. The van der Waals surface area contributed by atoms with Crippen molar-refractivity contribution in [3.8, 4) is 0 Å². The summed E-state index contributed by atoms with van der Waals surface area (Å²) in [7, 11) is 0. The van der Waals surface area contributed by atoms with E-state index in [0.29, 0.717) is 28.9 Å². The van der Waals surface area contributed by atoms with Crippen molar-refractivity contribution < 1.29 is 17.6 Å². The highest BCUT2D eigenvalue weighted by Crippen LogP contribution is 2.31. The Labute approximate surface area is 124 Å². The van der Waals surface area contributed by atoms with E-state index in [1.165, 1.54) is 12.1 Å². The van der Waals surface area contributed by atoms with Gasteiger partial charge in [0.15, 0.2) is 0 Å². The molecule has 112 valence electrons. The number of benzene rings is 2. The molecule has 0 aliphatic rings. The average molecular weight is 315 g/mol. The van der Waals surface area contributed by atoms with Gasteiger partial charge in [0, 0.05) is 22.7 Å². The fourth-order valence-electron chi connectivity index (χ4n) is 1.79. The molecular formula is C15H13F4NS. The summed E-state index contributed by atoms with van der Waals surface area (Å²) in [6, 6.07) is 12.7. The third kappa shape index (κ3) is 4.67. The van der Waals surface area contributed by atoms with E-state index in [-0.39, 0.29) is 5.56 Å². The van der Waals surface area contributed by atoms with E-state index in [4.69, 9.17) is 0 Å². The van der Waals surface area contributed by atoms with Crippen LogP contribution in [-0.4, -0.2) is 5.76 Å². The van der Waals surface area contributed by atoms with Gasteiger partial charge >= 0.3 is 0 Å². The summed E-state index contributed by atoms with van der Waals surface area (Å²) >= 11 is 0.472. The summed E-state index contributed by atoms with van der Waals surface area (Å²) in [5.41, 5.74) is 1.37. The largest absolute Gasteiger partial charge is 0.380 e. The number of para-hydroxylation sites is 1. The van der Waals surface area contributed by atoms with Gasteiger partial charge in [-0.15, -0.1) is 0 Å². The lowest BCUT2D eigenvalue weighted by Crippen LogP contribution is -2.01. The third-order valence-corrected chi connectivity index (χ3v) is 3.61. The topological polar surface area (TPSA) is 12.0 Å². The maximum Gasteiger partial charge on any atom is 0.288 e. The van der Waals surface area contributed by atoms with Crippen LogP contribution in [0.5, 0.6) is 0 Å². The molecule has 0 aliphatic carbocycles. The number of rotatable bonds is 6. The Balaban J connectivity index is 2.02. The van der Waals surface area contributed by atoms with Crippen molar-refractivity contribution in [1.82, 2.24) is 0 Å². The van der Waals surface area contributed by atoms with Crippen molar-refractivity contribution in [2.75, 3.05) is 5.32 Å². The number of anilines is 1. The maximum atomic E-state index is 12.4. The molecule has 0 unspecified atom stereocenters. The van der Waals surface area contributed by atoms with Gasteiger partial charge in [0.05, 0.1) is 0 Å². The molecule has 2 rings (SSSR count). The van der Waals surface area contributed by atoms with Crippen LogP contribution in [0, 0.1) is 0 Å². The van der Waals surface area contributed by atoms with Gasteiger partial charge in [-0.1, -0.05) is 48.2 Å². The normalized spacial score (nSPS) is 11.1. The highest BCUT2D eigenvalue weighted by Gasteiger charge is 2.10. The first-order chi connectivity index (χ1) is 10.1. The first-order valence-electron chi connectivity index (χ1n) is 6.21. The van der Waals surface area contributed by atoms with Gasteiger partial charge < -0.3 is 5.32 Å². The number of alkyl halides is 4. The van der Waals surface area contributed by atoms with Gasteiger partial charge in [0.2, 0.25) is 0 Å². The fourth-order valence-corrected chi connectivity index (χ4v) is 2.41. The lowest BCUT2D eigenvalue weighted by Gasteiger charge is -2.11. The molecule has 0 saturated heterocycles. The number of halogens is 4. The quantitative estimate of drug-likeness (QED) is 0.554. The predicted octanol–water partition coefficient (Wildman–Crippen LogP) is 5.55. The zero-order chi connectivity index (χ0) is 15.2. The highest BCUT2D eigenvalue weighted by atomic mass is 32.2. The molecule has 0 saturated carbocycles. The molecular weight excluding hydrogens is 302 g/mol. The Hall–Kier alpha value is -1.69. The Morgan fingerprint density at radius 3 is 2.19 bits per heavy atom. The molecule has 0 fully saturated rings. The van der Waals surface area contributed by atoms with Crippen LogP contribution in [0.3, 0.4) is 0 Å². The van der Waals surface area contributed by atoms with Gasteiger partial charge in [-0.2, -0.15) is 8.78 Å². The fraction of sp³-hybridized carbons (Fsp3) is 0.200. The molecule has 6 heteroatoms. The van der Waals surface area contributed by atoms with Crippen molar-refractivity contribution in [2.24, 2.45) is 0 Å². The molecule has 0 radical (unpaired) electrons. The summed E-state index contributed by atoms with van der Waals surface area (Å²) in [6.07, 6.45) is -2.49. The van der Waals surface area contributed by atoms with Crippen molar-refractivity contribution in [1.29, 1.82) is 0 Å². The summed E-state index contributed by atoms with van der Waals surface area (Å²) in [5.74, 6) is -2.49. The van der Waals surface area contributed by atoms with Crippen LogP contribution in [0.15, 0.2) is 53.4 Å². The second-order valence-corrected chi connectivity index (χ2v) is 5.30. The minimum Gasteiger partial charge on any atom is -0.380 e. The van der Waals surface area contributed by atoms with E-state index < -0.39 is 12.2 Å². The van der Waals surface area contributed by atoms with E-state index in [0.717, 1.165) is 5.56 Å². The van der Waals surface area contributed by atoms with Crippen LogP contribution in [0.4, 0.5) is 23.2 Å². The number of hydrogen-bond acceptors (Lipinski definition) is 2. The van der Waals surface area contributed by atoms with E-state index in [1.807, 2.05) is 0 Å². The van der Waals surface area contributed by atoms with Crippen LogP contribution >= 0.6 is 11.8 Å². The lowest BCUT2D eigenvalue weighted by atomic mass is 10.1. The number of nitrogens with one attached hydrogen (secondary N) is 1. The second kappa shape index (κ2) is 7.36. The minimum absolute atomic E-state index is 0.0348. The standard InChI is InChI=1S/C15H13F4NS/c16-14(17)11-7-5-10(6-8-11)9-20-12-3-1-2-4-13(12)21-15(18)19/h1-8,14-15,20H,9H2. The molecule has 2 aromatic carbocycles. The molecule has 0 heterocycles. The van der Waals surface area contributed by atoms with Gasteiger partial charge in [0.1, 0.15) is 0 Å². The minimum atomic E-state index is -2.49. The van der Waals surface area contributed by atoms with Crippen molar-refractivity contribution >= 4 is 17.4 Å². The SMILES string of the molecule is FC(F)Sc1ccccc1NCc1ccc(C(F)F)cc1. The van der Waals surface area contributed by atoms with E-state index in [2.05, 4.69) is 5.32 Å². The molecule has 0 aliphatic heterocycles. The predicted molar refractivity (Wildman–Crippen MR) is 77.0 cm³/mol. The number of thioether (sulfide) groups is 1. The molecule has 0 atom stereocenters. The van der Waals surface area contributed by atoms with Crippen molar-refractivity contribution in [2.45, 2.75) is 23.6 Å². The molecule has 0 bridgehead atoms. The maximum absolute atomic E-state index is 12.4. The van der Waals surface area contributed by atoms with Gasteiger partial charge in [-0.3, -0.25) is 0 Å². The zero-order valence-electron chi connectivity index (χ0n) is 10.9. The van der Waals surface area contributed by atoms with Gasteiger partial charge in [-0.05, 0) is 17.7 Å². The Kier molecular flexibility index (Phi) is 5.50. The average Bonchev–Trinajstić information content (AvgIpc) is 2.46. The molecule has 0 amide bonds. The van der Waals surface area contributed by atoms with Crippen LogP contribution in [0.2, 0.25) is 0 Å². The van der Waals surface area contributed by atoms with E-state index >= 15 is 0 Å². The Morgan fingerprint density at radius 1 is 0.905 bits per heavy atom. The van der Waals surface area contributed by atoms with E-state index in [9.17, 15) is 17.6 Å². The van der Waals surface area contributed by atoms with Crippen LogP contribution in [-0.2, 0) is 6.54 Å². The lowest BCUT2D eigenvalue weighted by molar-refractivity contribution is 0.151. The first kappa shape index (κ1) is 15.7. The molecule has 1 nitrogen and oxygen atoms in total. The smallest absolute Gasteiger partial charge is 0.288 e. The highest BCUT2D eigenvalue weighted by molar-refractivity contribution is 7.99. The Bertz CT molecular complexity index is 572. The van der Waals surface area contributed by atoms with Crippen LogP contribution in [0.1, 0.15) is 17.6 Å². The molecule has 0 spiro atoms. The number of hydrogen-bond donors (Lipinski definition) is 1. The van der Waals surface area contributed by atoms with Crippen LogP contribution in [0.25, 0.3) is 0 Å². The summed E-state index contributed by atoms with van der Waals surface area (Å²) in [5, 5.41) is 3.04. The van der Waals surface area contributed by atoms with E-state index in [1.54, 1.807) is 36.4 Å².